The molecule has 2 N–H and O–H groups in total. The minimum absolute atomic E-state index is 0.0876. The molecule has 0 atom stereocenters. The third-order valence-electron chi connectivity index (χ3n) is 2.84. The zero-order valence-electron chi connectivity index (χ0n) is 10.0. The fourth-order valence-electron chi connectivity index (χ4n) is 1.85. The molecule has 5 nitrogen and oxygen atoms in total. The second kappa shape index (κ2) is 5.05. The predicted octanol–water partition coefficient (Wildman–Crippen LogP) is 1.60. The molecule has 0 bridgehead atoms. The molecule has 1 aliphatic heterocycles. The van der Waals surface area contributed by atoms with Crippen molar-refractivity contribution in [3.05, 3.63) is 22.7 Å². The van der Waals surface area contributed by atoms with Crippen LogP contribution in [0.25, 0.3) is 0 Å². The van der Waals surface area contributed by atoms with Crippen LogP contribution in [-0.4, -0.2) is 32.6 Å². The zero-order valence-corrected chi connectivity index (χ0v) is 11.6. The van der Waals surface area contributed by atoms with Crippen LogP contribution in [0.4, 0.5) is 5.69 Å². The Morgan fingerprint density at radius 3 is 2.78 bits per heavy atom. The number of hydrogen-bond acceptors (Lipinski definition) is 4. The summed E-state index contributed by atoms with van der Waals surface area (Å²) in [5, 5.41) is 0.362. The van der Waals surface area contributed by atoms with Gasteiger partial charge in [-0.2, -0.15) is 4.31 Å². The van der Waals surface area contributed by atoms with Gasteiger partial charge in [-0.1, -0.05) is 11.6 Å². The van der Waals surface area contributed by atoms with Gasteiger partial charge in [0.2, 0.25) is 10.0 Å². The lowest BCUT2D eigenvalue weighted by molar-refractivity contribution is 0.0313. The van der Waals surface area contributed by atoms with Crippen molar-refractivity contribution >= 4 is 27.3 Å². The Morgan fingerprint density at radius 1 is 1.44 bits per heavy atom. The summed E-state index contributed by atoms with van der Waals surface area (Å²) in [7, 11) is -3.56. The van der Waals surface area contributed by atoms with Gasteiger partial charge >= 0.3 is 0 Å². The summed E-state index contributed by atoms with van der Waals surface area (Å²) in [4.78, 5) is 0.190. The molecule has 0 aliphatic carbocycles. The molecule has 1 heterocycles. The van der Waals surface area contributed by atoms with Crippen LogP contribution in [-0.2, 0) is 14.8 Å². The van der Waals surface area contributed by atoms with Crippen molar-refractivity contribution in [2.45, 2.75) is 18.2 Å². The lowest BCUT2D eigenvalue weighted by atomic mass is 10.2. The van der Waals surface area contributed by atoms with Gasteiger partial charge in [0.15, 0.2) is 0 Å². The number of ether oxygens (including phenoxy) is 1. The molecule has 0 unspecified atom stereocenters. The molecule has 0 spiro atoms. The lowest BCUT2D eigenvalue weighted by Gasteiger charge is -2.26. The molecule has 2 rings (SSSR count). The summed E-state index contributed by atoms with van der Waals surface area (Å²) >= 11 is 5.86. The van der Waals surface area contributed by atoms with Gasteiger partial charge in [-0.3, -0.25) is 0 Å². The molecular formula is C11H15ClN2O3S. The molecule has 18 heavy (non-hydrogen) atoms. The Labute approximate surface area is 112 Å². The molecule has 7 heteroatoms. The first-order valence-electron chi connectivity index (χ1n) is 5.56. The average molecular weight is 291 g/mol. The Balaban J connectivity index is 2.43. The largest absolute Gasteiger partial charge is 0.397 e. The maximum absolute atomic E-state index is 12.4. The average Bonchev–Trinajstić information content (AvgIpc) is 2.34. The number of nitrogens with two attached hydrogens (primary N) is 1. The van der Waals surface area contributed by atoms with Gasteiger partial charge in [0.1, 0.15) is 6.73 Å². The summed E-state index contributed by atoms with van der Waals surface area (Å²) in [6, 6.07) is 2.97. The molecule has 100 valence electrons. The molecule has 1 saturated heterocycles. The molecule has 1 aromatic rings. The normalized spacial score (nSPS) is 17.9. The van der Waals surface area contributed by atoms with E-state index in [0.29, 0.717) is 30.2 Å². The number of aryl methyl sites for hydroxylation is 1. The number of anilines is 1. The molecule has 0 aromatic heterocycles. The van der Waals surface area contributed by atoms with E-state index >= 15 is 0 Å². The fourth-order valence-corrected chi connectivity index (χ4v) is 3.67. The molecule has 0 radical (unpaired) electrons. The molecule has 0 saturated carbocycles. The van der Waals surface area contributed by atoms with Crippen molar-refractivity contribution in [2.75, 3.05) is 25.6 Å². The first-order chi connectivity index (χ1) is 8.43. The molecule has 0 amide bonds. The van der Waals surface area contributed by atoms with E-state index in [1.807, 2.05) is 0 Å². The van der Waals surface area contributed by atoms with Gasteiger partial charge in [0, 0.05) is 13.2 Å². The van der Waals surface area contributed by atoms with Crippen LogP contribution >= 0.6 is 11.6 Å². The number of nitrogen functional groups attached to an aromatic ring is 1. The third-order valence-corrected chi connectivity index (χ3v) is 5.13. The maximum atomic E-state index is 12.4. The second-order valence-electron chi connectivity index (χ2n) is 4.21. The Kier molecular flexibility index (Phi) is 3.82. The summed E-state index contributed by atoms with van der Waals surface area (Å²) in [6.45, 7) is 2.84. The Bertz CT molecular complexity index is 554. The molecule has 1 aliphatic rings. The first-order valence-corrected chi connectivity index (χ1v) is 7.38. The molecular weight excluding hydrogens is 276 g/mol. The minimum Gasteiger partial charge on any atom is -0.397 e. The second-order valence-corrected chi connectivity index (χ2v) is 6.52. The van der Waals surface area contributed by atoms with Gasteiger partial charge in [-0.05, 0) is 31.0 Å². The van der Waals surface area contributed by atoms with Gasteiger partial charge in [-0.25, -0.2) is 8.42 Å². The summed E-state index contributed by atoms with van der Waals surface area (Å²) in [5.74, 6) is 0. The van der Waals surface area contributed by atoms with E-state index in [1.54, 1.807) is 13.0 Å². The summed E-state index contributed by atoms with van der Waals surface area (Å²) < 4.78 is 31.3. The Morgan fingerprint density at radius 2 is 2.17 bits per heavy atom. The fraction of sp³-hybridized carbons (Fsp3) is 0.455. The number of sulfonamides is 1. The maximum Gasteiger partial charge on any atom is 0.245 e. The van der Waals surface area contributed by atoms with Crippen LogP contribution in [0, 0.1) is 6.92 Å². The van der Waals surface area contributed by atoms with E-state index in [9.17, 15) is 8.42 Å². The highest BCUT2D eigenvalue weighted by molar-refractivity contribution is 7.89. The topological polar surface area (TPSA) is 72.6 Å². The first kappa shape index (κ1) is 13.6. The van der Waals surface area contributed by atoms with E-state index in [1.165, 1.54) is 10.4 Å². The number of nitrogens with zero attached hydrogens (tertiary/aromatic N) is 1. The van der Waals surface area contributed by atoms with Crippen molar-refractivity contribution in [2.24, 2.45) is 0 Å². The van der Waals surface area contributed by atoms with Gasteiger partial charge in [0.05, 0.1) is 15.6 Å². The quantitative estimate of drug-likeness (QED) is 0.840. The summed E-state index contributed by atoms with van der Waals surface area (Å²) in [5.41, 5.74) is 6.52. The van der Waals surface area contributed by atoms with E-state index in [2.05, 4.69) is 0 Å². The van der Waals surface area contributed by atoms with Crippen molar-refractivity contribution in [1.29, 1.82) is 0 Å². The van der Waals surface area contributed by atoms with E-state index in [0.717, 1.165) is 0 Å². The SMILES string of the molecule is Cc1cc(Cl)c(N)cc1S(=O)(=O)N1CCCOC1. The van der Waals surface area contributed by atoms with Crippen LogP contribution in [0.15, 0.2) is 17.0 Å². The number of rotatable bonds is 2. The van der Waals surface area contributed by atoms with E-state index in [-0.39, 0.29) is 17.3 Å². The van der Waals surface area contributed by atoms with Gasteiger partial charge < -0.3 is 10.5 Å². The standard InChI is InChI=1S/C11H15ClN2O3S/c1-8-5-9(12)10(13)6-11(8)18(15,16)14-3-2-4-17-7-14/h5-6H,2-4,7,13H2,1H3. The van der Waals surface area contributed by atoms with Gasteiger partial charge in [-0.15, -0.1) is 0 Å². The van der Waals surface area contributed by atoms with Gasteiger partial charge in [0.25, 0.3) is 0 Å². The van der Waals surface area contributed by atoms with E-state index in [4.69, 9.17) is 22.1 Å². The zero-order chi connectivity index (χ0) is 13.3. The van der Waals surface area contributed by atoms with Crippen molar-refractivity contribution in [1.82, 2.24) is 4.31 Å². The van der Waals surface area contributed by atoms with Crippen LogP contribution in [0.2, 0.25) is 5.02 Å². The predicted molar refractivity (Wildman–Crippen MR) is 69.9 cm³/mol. The van der Waals surface area contributed by atoms with Crippen LogP contribution in [0.3, 0.4) is 0 Å². The van der Waals surface area contributed by atoms with Crippen LogP contribution < -0.4 is 5.73 Å². The van der Waals surface area contributed by atoms with Crippen molar-refractivity contribution in [3.8, 4) is 0 Å². The van der Waals surface area contributed by atoms with Crippen LogP contribution in [0.5, 0.6) is 0 Å². The highest BCUT2D eigenvalue weighted by Crippen LogP contribution is 2.28. The number of hydrogen-bond donors (Lipinski definition) is 1. The summed E-state index contributed by atoms with van der Waals surface area (Å²) in [6.07, 6.45) is 0.696. The van der Waals surface area contributed by atoms with E-state index < -0.39 is 10.0 Å². The minimum atomic E-state index is -3.56. The number of benzene rings is 1. The third kappa shape index (κ3) is 2.47. The molecule has 1 aromatic carbocycles. The van der Waals surface area contributed by atoms with Crippen LogP contribution in [0.1, 0.15) is 12.0 Å². The Hall–Kier alpha value is -0.820. The van der Waals surface area contributed by atoms with Crippen molar-refractivity contribution < 1.29 is 13.2 Å². The monoisotopic (exact) mass is 290 g/mol. The highest BCUT2D eigenvalue weighted by atomic mass is 35.5. The van der Waals surface area contributed by atoms with Crippen molar-refractivity contribution in [3.63, 3.8) is 0 Å². The lowest BCUT2D eigenvalue weighted by Crippen LogP contribution is -2.38. The smallest absolute Gasteiger partial charge is 0.245 e. The highest BCUT2D eigenvalue weighted by Gasteiger charge is 2.28. The molecule has 1 fully saturated rings. The number of halogens is 1.